The first-order valence-electron chi connectivity index (χ1n) is 3.85. The van der Waals surface area contributed by atoms with Gasteiger partial charge in [-0.3, -0.25) is 11.1 Å². The van der Waals surface area contributed by atoms with Crippen LogP contribution in [-0.2, 0) is 0 Å². The summed E-state index contributed by atoms with van der Waals surface area (Å²) in [4.78, 5) is 8.05. The molecule has 1 heterocycles. The fourth-order valence-corrected chi connectivity index (χ4v) is 1.31. The summed E-state index contributed by atoms with van der Waals surface area (Å²) in [7, 11) is 0. The van der Waals surface area contributed by atoms with Crippen molar-refractivity contribution in [2.24, 2.45) is 11.5 Å². The topological polar surface area (TPSA) is 103 Å². The molecular weight excluding hydrogens is 198 g/mol. The van der Waals surface area contributed by atoms with Gasteiger partial charge in [0.05, 0.1) is 10.7 Å². The normalized spacial score (nSPS) is 11.4. The minimum atomic E-state index is 0.151. The molecule has 0 saturated heterocycles. The molecule has 0 saturated carbocycles. The van der Waals surface area contributed by atoms with Gasteiger partial charge in [-0.05, 0) is 12.3 Å². The fraction of sp³-hybridized carbons (Fsp3) is 0.125. The van der Waals surface area contributed by atoms with Gasteiger partial charge in [-0.15, -0.1) is 11.8 Å². The number of hydrogen-bond donors (Lipinski definition) is 3. The summed E-state index contributed by atoms with van der Waals surface area (Å²) in [6, 6.07) is 1.78. The Morgan fingerprint density at radius 3 is 2.79 bits per heavy atom. The van der Waals surface area contributed by atoms with E-state index < -0.39 is 0 Å². The van der Waals surface area contributed by atoms with Crippen LogP contribution in [0.1, 0.15) is 5.69 Å². The number of aromatic nitrogens is 2. The average molecular weight is 210 g/mol. The van der Waals surface area contributed by atoms with Gasteiger partial charge < -0.3 is 5.73 Å². The predicted octanol–water partition coefficient (Wildman–Crippen LogP) is -1.39. The van der Waals surface area contributed by atoms with Gasteiger partial charge in [0.2, 0.25) is 0 Å². The molecule has 1 rings (SSSR count). The number of amidine groups is 1. The van der Waals surface area contributed by atoms with Crippen LogP contribution < -0.4 is 16.9 Å². The first kappa shape index (κ1) is 10.5. The molecule has 0 fully saturated rings. The second kappa shape index (κ2) is 4.61. The summed E-state index contributed by atoms with van der Waals surface area (Å²) < 4.78 is 0. The molecule has 6 N–H and O–H groups in total. The average Bonchev–Trinajstić information content (AvgIpc) is 2.19. The van der Waals surface area contributed by atoms with E-state index in [0.29, 0.717) is 11.3 Å². The van der Waals surface area contributed by atoms with Gasteiger partial charge in [-0.2, -0.15) is 0 Å². The van der Waals surface area contributed by atoms with E-state index in [1.807, 2.05) is 6.26 Å². The van der Waals surface area contributed by atoms with Crippen molar-refractivity contribution in [3.8, 4) is 0 Å². The van der Waals surface area contributed by atoms with E-state index in [1.165, 1.54) is 24.3 Å². The Kier molecular flexibility index (Phi) is 3.47. The van der Waals surface area contributed by atoms with Crippen LogP contribution in [0, 0.1) is 0 Å². The Balaban J connectivity index is 3.11. The largest absolute Gasteiger partial charge is 0.404 e. The Labute approximate surface area is 86.1 Å². The van der Waals surface area contributed by atoms with Crippen LogP contribution in [0.3, 0.4) is 0 Å². The van der Waals surface area contributed by atoms with Gasteiger partial charge in [0.1, 0.15) is 11.9 Å². The zero-order valence-corrected chi connectivity index (χ0v) is 8.58. The SMILES string of the molecule is CSc1cc(C(=CN)C(N)=[NH2+])ncn1. The zero-order valence-electron chi connectivity index (χ0n) is 7.77. The van der Waals surface area contributed by atoms with E-state index in [-0.39, 0.29) is 5.84 Å². The van der Waals surface area contributed by atoms with Gasteiger partial charge >= 0.3 is 0 Å². The third kappa shape index (κ3) is 2.23. The van der Waals surface area contributed by atoms with Crippen molar-refractivity contribution in [2.45, 2.75) is 5.03 Å². The summed E-state index contributed by atoms with van der Waals surface area (Å²) >= 11 is 1.51. The van der Waals surface area contributed by atoms with E-state index in [4.69, 9.17) is 16.9 Å². The van der Waals surface area contributed by atoms with Gasteiger partial charge in [0.25, 0.3) is 5.84 Å². The van der Waals surface area contributed by atoms with Crippen LogP contribution in [0.25, 0.3) is 5.57 Å². The van der Waals surface area contributed by atoms with Gasteiger partial charge in [0, 0.05) is 6.20 Å². The Bertz CT molecular complexity index is 374. The number of nitrogens with two attached hydrogens (primary N) is 3. The van der Waals surface area contributed by atoms with Crippen LogP contribution in [0.5, 0.6) is 0 Å². The van der Waals surface area contributed by atoms with E-state index in [2.05, 4.69) is 9.97 Å². The molecular formula is C8H12N5S+. The van der Waals surface area contributed by atoms with Crippen molar-refractivity contribution in [3.05, 3.63) is 24.3 Å². The second-order valence-electron chi connectivity index (χ2n) is 2.48. The summed E-state index contributed by atoms with van der Waals surface area (Å²) in [5.74, 6) is 0.151. The summed E-state index contributed by atoms with van der Waals surface area (Å²) in [6.07, 6.45) is 4.71. The molecule has 1 aromatic rings. The minimum Gasteiger partial charge on any atom is -0.404 e. The molecule has 0 aliphatic carbocycles. The third-order valence-electron chi connectivity index (χ3n) is 1.60. The lowest BCUT2D eigenvalue weighted by Gasteiger charge is -2.01. The molecule has 0 aromatic carbocycles. The van der Waals surface area contributed by atoms with Crippen LogP contribution in [-0.4, -0.2) is 22.1 Å². The third-order valence-corrected chi connectivity index (χ3v) is 2.25. The predicted molar refractivity (Wildman–Crippen MR) is 57.1 cm³/mol. The van der Waals surface area contributed by atoms with Crippen molar-refractivity contribution in [3.63, 3.8) is 0 Å². The Morgan fingerprint density at radius 2 is 2.29 bits per heavy atom. The molecule has 0 aliphatic heterocycles. The quantitative estimate of drug-likeness (QED) is 0.247. The van der Waals surface area contributed by atoms with Gasteiger partial charge in [0.15, 0.2) is 0 Å². The molecule has 6 heteroatoms. The van der Waals surface area contributed by atoms with Crippen molar-refractivity contribution in [1.29, 1.82) is 0 Å². The zero-order chi connectivity index (χ0) is 10.6. The lowest BCUT2D eigenvalue weighted by atomic mass is 10.2. The molecule has 5 nitrogen and oxygen atoms in total. The maximum absolute atomic E-state index is 5.45. The van der Waals surface area contributed by atoms with E-state index in [9.17, 15) is 0 Å². The minimum absolute atomic E-state index is 0.151. The second-order valence-corrected chi connectivity index (χ2v) is 3.31. The van der Waals surface area contributed by atoms with Crippen LogP contribution in [0.15, 0.2) is 23.6 Å². The summed E-state index contributed by atoms with van der Waals surface area (Å²) in [5.41, 5.74) is 12.0. The van der Waals surface area contributed by atoms with Crippen molar-refractivity contribution >= 4 is 23.2 Å². The highest BCUT2D eigenvalue weighted by Gasteiger charge is 2.10. The number of thioether (sulfide) groups is 1. The van der Waals surface area contributed by atoms with Crippen molar-refractivity contribution < 1.29 is 5.41 Å². The Morgan fingerprint density at radius 1 is 1.57 bits per heavy atom. The smallest absolute Gasteiger partial charge is 0.274 e. The molecule has 0 amide bonds. The molecule has 0 bridgehead atoms. The molecule has 0 radical (unpaired) electrons. The highest BCUT2D eigenvalue weighted by atomic mass is 32.2. The van der Waals surface area contributed by atoms with Crippen LogP contribution in [0.4, 0.5) is 0 Å². The van der Waals surface area contributed by atoms with Gasteiger partial charge in [-0.25, -0.2) is 9.97 Å². The van der Waals surface area contributed by atoms with E-state index in [1.54, 1.807) is 6.07 Å². The maximum atomic E-state index is 5.45. The van der Waals surface area contributed by atoms with Gasteiger partial charge in [-0.1, -0.05) is 0 Å². The molecule has 74 valence electrons. The van der Waals surface area contributed by atoms with Crippen LogP contribution in [0.2, 0.25) is 0 Å². The van der Waals surface area contributed by atoms with Crippen LogP contribution >= 0.6 is 11.8 Å². The number of hydrogen-bond acceptors (Lipinski definition) is 4. The lowest BCUT2D eigenvalue weighted by molar-refractivity contribution is -0.112. The fourth-order valence-electron chi connectivity index (χ4n) is 0.928. The molecule has 0 spiro atoms. The van der Waals surface area contributed by atoms with Crippen molar-refractivity contribution in [1.82, 2.24) is 9.97 Å². The van der Waals surface area contributed by atoms with E-state index in [0.717, 1.165) is 5.03 Å². The first-order valence-corrected chi connectivity index (χ1v) is 5.08. The molecule has 14 heavy (non-hydrogen) atoms. The number of rotatable bonds is 3. The maximum Gasteiger partial charge on any atom is 0.274 e. The van der Waals surface area contributed by atoms with Crippen molar-refractivity contribution in [2.75, 3.05) is 6.26 Å². The number of nitrogens with zero attached hydrogens (tertiary/aromatic N) is 2. The standard InChI is InChI=1S/C8H11N5S/c1-14-7-2-6(12-4-13-7)5(3-9)8(10)11/h2-4H,9H2,1H3,(H3,10,11)/p+1. The Hall–Kier alpha value is -1.56. The molecule has 0 atom stereocenters. The highest BCUT2D eigenvalue weighted by Crippen LogP contribution is 2.15. The highest BCUT2D eigenvalue weighted by molar-refractivity contribution is 7.98. The lowest BCUT2D eigenvalue weighted by Crippen LogP contribution is -2.46. The first-order chi connectivity index (χ1) is 6.69. The summed E-state index contributed by atoms with van der Waals surface area (Å²) in [5, 5.41) is 6.29. The monoisotopic (exact) mass is 210 g/mol. The molecule has 0 aliphatic rings. The molecule has 0 unspecified atom stereocenters. The molecule has 1 aromatic heterocycles. The van der Waals surface area contributed by atoms with E-state index >= 15 is 0 Å². The summed E-state index contributed by atoms with van der Waals surface area (Å²) in [6.45, 7) is 0.